The minimum Gasteiger partial charge on any atom is -0.349 e. The van der Waals surface area contributed by atoms with Crippen LogP contribution in [0.5, 0.6) is 0 Å². The molecule has 0 spiro atoms. The molecule has 2 amide bonds. The highest BCUT2D eigenvalue weighted by Crippen LogP contribution is 2.17. The van der Waals surface area contributed by atoms with Crippen LogP contribution in [0, 0.1) is 0 Å². The van der Waals surface area contributed by atoms with Crippen LogP contribution < -0.4 is 10.6 Å². The van der Waals surface area contributed by atoms with Crippen molar-refractivity contribution in [2.24, 2.45) is 0 Å². The summed E-state index contributed by atoms with van der Waals surface area (Å²) in [4.78, 5) is 27.3. The minimum absolute atomic E-state index is 0.230. The molecule has 0 unspecified atom stereocenters. The van der Waals surface area contributed by atoms with Gasteiger partial charge in [-0.3, -0.25) is 14.5 Å². The average molecular weight is 363 g/mol. The summed E-state index contributed by atoms with van der Waals surface area (Å²) >= 11 is 0. The number of nitrogens with zero attached hydrogens (tertiary/aromatic N) is 1. The lowest BCUT2D eigenvalue weighted by molar-refractivity contribution is 0.0959. The molecule has 0 radical (unpaired) electrons. The lowest BCUT2D eigenvalue weighted by atomic mass is 10.1. The van der Waals surface area contributed by atoms with Crippen LogP contribution in [0.25, 0.3) is 0 Å². The average Bonchev–Trinajstić information content (AvgIpc) is 3.20. The maximum Gasteiger partial charge on any atom is 0.255 e. The molecular weight excluding hydrogens is 338 g/mol. The molecule has 1 aliphatic rings. The Morgan fingerprint density at radius 2 is 1.70 bits per heavy atom. The van der Waals surface area contributed by atoms with E-state index >= 15 is 0 Å². The summed E-state index contributed by atoms with van der Waals surface area (Å²) in [6, 6.07) is 14.6. The van der Waals surface area contributed by atoms with Gasteiger partial charge in [0.1, 0.15) is 0 Å². The summed E-state index contributed by atoms with van der Waals surface area (Å²) in [5.41, 5.74) is 2.70. The van der Waals surface area contributed by atoms with E-state index in [9.17, 15) is 9.59 Å². The zero-order chi connectivity index (χ0) is 19.1. The molecule has 1 fully saturated rings. The Morgan fingerprint density at radius 3 is 2.41 bits per heavy atom. The molecule has 140 valence electrons. The third kappa shape index (κ3) is 5.05. The van der Waals surface area contributed by atoms with Crippen LogP contribution in [0.1, 0.15) is 39.1 Å². The van der Waals surface area contributed by atoms with Crippen molar-refractivity contribution in [2.45, 2.75) is 19.4 Å². The molecule has 27 heavy (non-hydrogen) atoms. The molecule has 3 rings (SSSR count). The van der Waals surface area contributed by atoms with Gasteiger partial charge in [0.05, 0.1) is 11.3 Å². The van der Waals surface area contributed by atoms with E-state index in [4.69, 9.17) is 0 Å². The van der Waals surface area contributed by atoms with Gasteiger partial charge < -0.3 is 10.6 Å². The van der Waals surface area contributed by atoms with E-state index in [-0.39, 0.29) is 11.8 Å². The Morgan fingerprint density at radius 1 is 1.00 bits per heavy atom. The number of anilines is 1. The smallest absolute Gasteiger partial charge is 0.255 e. The number of benzene rings is 2. The molecular formula is C22H25N3O2. The highest BCUT2D eigenvalue weighted by atomic mass is 16.2. The summed E-state index contributed by atoms with van der Waals surface area (Å²) in [6.45, 7) is 7.18. The quantitative estimate of drug-likeness (QED) is 0.741. The number of para-hydroxylation sites is 1. The Kier molecular flexibility index (Phi) is 6.39. The Labute approximate surface area is 160 Å². The van der Waals surface area contributed by atoms with Gasteiger partial charge in [-0.25, -0.2) is 0 Å². The van der Waals surface area contributed by atoms with Gasteiger partial charge in [-0.15, -0.1) is 6.58 Å². The fourth-order valence-corrected chi connectivity index (χ4v) is 3.21. The highest BCUT2D eigenvalue weighted by Gasteiger charge is 2.15. The summed E-state index contributed by atoms with van der Waals surface area (Å²) in [6.07, 6.45) is 4.14. The van der Waals surface area contributed by atoms with Crippen LogP contribution >= 0.6 is 0 Å². The summed E-state index contributed by atoms with van der Waals surface area (Å²) in [5, 5.41) is 5.57. The van der Waals surface area contributed by atoms with E-state index < -0.39 is 0 Å². The monoisotopic (exact) mass is 363 g/mol. The van der Waals surface area contributed by atoms with Crippen molar-refractivity contribution >= 4 is 17.5 Å². The number of hydrogen-bond donors (Lipinski definition) is 2. The number of nitrogens with one attached hydrogen (secondary N) is 2. The molecule has 5 heteroatoms. The number of rotatable bonds is 7. The summed E-state index contributed by atoms with van der Waals surface area (Å²) in [5.74, 6) is -0.474. The largest absolute Gasteiger partial charge is 0.349 e. The molecule has 2 aromatic carbocycles. The van der Waals surface area contributed by atoms with Crippen LogP contribution in [-0.2, 0) is 6.54 Å². The standard InChI is InChI=1S/C22H25N3O2/c1-2-13-23-22(27)19-7-3-4-8-20(19)24-21(26)18-11-9-17(10-12-18)16-25-14-5-6-15-25/h2-4,7-12H,1,5-6,13-16H2,(H,23,27)(H,24,26). The van der Waals surface area contributed by atoms with Crippen molar-refractivity contribution in [3.05, 3.63) is 77.9 Å². The molecule has 2 N–H and O–H groups in total. The molecule has 5 nitrogen and oxygen atoms in total. The molecule has 0 atom stereocenters. The van der Waals surface area contributed by atoms with Crippen LogP contribution in [-0.4, -0.2) is 36.3 Å². The number of carbonyl (C=O) groups excluding carboxylic acids is 2. The zero-order valence-corrected chi connectivity index (χ0v) is 15.4. The second kappa shape index (κ2) is 9.14. The fraction of sp³-hybridized carbons (Fsp3) is 0.273. The van der Waals surface area contributed by atoms with E-state index in [1.54, 1.807) is 30.3 Å². The first kappa shape index (κ1) is 18.9. The molecule has 1 aliphatic heterocycles. The Bertz CT molecular complexity index is 809. The van der Waals surface area contributed by atoms with E-state index in [0.717, 1.165) is 19.6 Å². The van der Waals surface area contributed by atoms with E-state index in [2.05, 4.69) is 22.1 Å². The predicted molar refractivity (Wildman–Crippen MR) is 108 cm³/mol. The molecule has 2 aromatic rings. The number of carbonyl (C=O) groups is 2. The van der Waals surface area contributed by atoms with E-state index in [1.807, 2.05) is 24.3 Å². The van der Waals surface area contributed by atoms with Crippen molar-refractivity contribution < 1.29 is 9.59 Å². The third-order valence-electron chi connectivity index (χ3n) is 4.65. The van der Waals surface area contributed by atoms with E-state index in [1.165, 1.54) is 18.4 Å². The van der Waals surface area contributed by atoms with Gasteiger partial charge >= 0.3 is 0 Å². The number of likely N-dealkylation sites (tertiary alicyclic amines) is 1. The van der Waals surface area contributed by atoms with Crippen molar-refractivity contribution in [2.75, 3.05) is 25.0 Å². The Balaban J connectivity index is 1.66. The normalized spacial score (nSPS) is 13.9. The molecule has 0 saturated carbocycles. The van der Waals surface area contributed by atoms with Crippen LogP contribution in [0.3, 0.4) is 0 Å². The Hall–Kier alpha value is -2.92. The van der Waals surface area contributed by atoms with Crippen molar-refractivity contribution in [1.82, 2.24) is 10.2 Å². The maximum atomic E-state index is 12.6. The lowest BCUT2D eigenvalue weighted by Crippen LogP contribution is -2.25. The number of amides is 2. The third-order valence-corrected chi connectivity index (χ3v) is 4.65. The first-order valence-electron chi connectivity index (χ1n) is 9.28. The lowest BCUT2D eigenvalue weighted by Gasteiger charge is -2.15. The van der Waals surface area contributed by atoms with Crippen LogP contribution in [0.15, 0.2) is 61.2 Å². The maximum absolute atomic E-state index is 12.6. The topological polar surface area (TPSA) is 61.4 Å². The van der Waals surface area contributed by atoms with Gasteiger partial charge in [0, 0.05) is 18.7 Å². The second-order valence-corrected chi connectivity index (χ2v) is 6.68. The van der Waals surface area contributed by atoms with Gasteiger partial charge in [-0.1, -0.05) is 30.3 Å². The van der Waals surface area contributed by atoms with Gasteiger partial charge in [0.25, 0.3) is 11.8 Å². The van der Waals surface area contributed by atoms with Gasteiger partial charge in [0.15, 0.2) is 0 Å². The second-order valence-electron chi connectivity index (χ2n) is 6.68. The molecule has 0 aromatic heterocycles. The van der Waals surface area contributed by atoms with Crippen molar-refractivity contribution in [1.29, 1.82) is 0 Å². The van der Waals surface area contributed by atoms with Gasteiger partial charge in [-0.05, 0) is 55.8 Å². The summed E-state index contributed by atoms with van der Waals surface area (Å²) in [7, 11) is 0. The van der Waals surface area contributed by atoms with Crippen molar-refractivity contribution in [3.8, 4) is 0 Å². The first-order chi connectivity index (χ1) is 13.2. The summed E-state index contributed by atoms with van der Waals surface area (Å²) < 4.78 is 0. The minimum atomic E-state index is -0.244. The van der Waals surface area contributed by atoms with Gasteiger partial charge in [0.2, 0.25) is 0 Å². The van der Waals surface area contributed by atoms with Crippen LogP contribution in [0.4, 0.5) is 5.69 Å². The van der Waals surface area contributed by atoms with Crippen LogP contribution in [0.2, 0.25) is 0 Å². The molecule has 1 heterocycles. The van der Waals surface area contributed by atoms with Gasteiger partial charge in [-0.2, -0.15) is 0 Å². The van der Waals surface area contributed by atoms with Crippen molar-refractivity contribution in [3.63, 3.8) is 0 Å². The molecule has 0 aliphatic carbocycles. The number of hydrogen-bond acceptors (Lipinski definition) is 3. The van der Waals surface area contributed by atoms with E-state index in [0.29, 0.717) is 23.4 Å². The molecule has 0 bridgehead atoms. The highest BCUT2D eigenvalue weighted by molar-refractivity contribution is 6.09. The SMILES string of the molecule is C=CCNC(=O)c1ccccc1NC(=O)c1ccc(CN2CCCC2)cc1. The zero-order valence-electron chi connectivity index (χ0n) is 15.4. The molecule has 1 saturated heterocycles. The fourth-order valence-electron chi connectivity index (χ4n) is 3.21. The predicted octanol–water partition coefficient (Wildman–Crippen LogP) is 3.45. The first-order valence-corrected chi connectivity index (χ1v) is 9.28.